The number of likely N-dealkylation sites (tertiary alicyclic amines) is 1. The number of thiocarbonyl (C=S) groups is 1. The summed E-state index contributed by atoms with van der Waals surface area (Å²) in [5, 5.41) is 9.64. The zero-order valence-electron chi connectivity index (χ0n) is 13.9. The smallest absolute Gasteiger partial charge is 0.326 e. The number of hydrogen-bond donors (Lipinski definition) is 1. The highest BCUT2D eigenvalue weighted by Gasteiger charge is 2.50. The molecule has 1 N–H and O–H groups in total. The number of amides is 3. The Hall–Kier alpha value is -2.23. The SMILES string of the molecule is CC(C(=O)O)N1C(=O)CC(N2C(=O)/C(=C/c3ccc(Cl)cc3)SC2=S)C1=O. The van der Waals surface area contributed by atoms with Crippen molar-refractivity contribution in [3.05, 3.63) is 39.8 Å². The van der Waals surface area contributed by atoms with E-state index in [0.717, 1.165) is 22.2 Å². The number of halogens is 1. The molecule has 2 aliphatic heterocycles. The fourth-order valence-corrected chi connectivity index (χ4v) is 4.30. The number of benzene rings is 1. The molecular weight excluding hydrogens is 412 g/mol. The van der Waals surface area contributed by atoms with E-state index in [4.69, 9.17) is 28.9 Å². The molecule has 2 atom stereocenters. The number of thioether (sulfide) groups is 1. The maximum atomic E-state index is 12.8. The molecule has 2 unspecified atom stereocenters. The largest absolute Gasteiger partial charge is 0.480 e. The zero-order chi connectivity index (χ0) is 19.9. The Bertz CT molecular complexity index is 899. The first kappa shape index (κ1) is 19.5. The average Bonchev–Trinajstić information content (AvgIpc) is 3.04. The highest BCUT2D eigenvalue weighted by atomic mass is 35.5. The van der Waals surface area contributed by atoms with Crippen molar-refractivity contribution < 1.29 is 24.3 Å². The lowest BCUT2D eigenvalue weighted by molar-refractivity contribution is -0.154. The van der Waals surface area contributed by atoms with Crippen LogP contribution in [0.2, 0.25) is 5.02 Å². The highest BCUT2D eigenvalue weighted by molar-refractivity contribution is 8.26. The minimum Gasteiger partial charge on any atom is -0.480 e. The van der Waals surface area contributed by atoms with E-state index in [1.165, 1.54) is 6.92 Å². The van der Waals surface area contributed by atoms with Gasteiger partial charge in [0.05, 0.1) is 11.3 Å². The molecule has 2 aliphatic rings. The second-order valence-electron chi connectivity index (χ2n) is 5.94. The molecule has 3 amide bonds. The van der Waals surface area contributed by atoms with Gasteiger partial charge in [-0.3, -0.25) is 24.2 Å². The van der Waals surface area contributed by atoms with Crippen LogP contribution in [0.15, 0.2) is 29.2 Å². The van der Waals surface area contributed by atoms with E-state index in [-0.39, 0.29) is 10.7 Å². The molecule has 10 heteroatoms. The van der Waals surface area contributed by atoms with Gasteiger partial charge >= 0.3 is 5.97 Å². The lowest BCUT2D eigenvalue weighted by atomic mass is 10.2. The van der Waals surface area contributed by atoms with Gasteiger partial charge in [-0.25, -0.2) is 4.79 Å². The second-order valence-corrected chi connectivity index (χ2v) is 8.05. The minimum atomic E-state index is -1.31. The molecule has 0 radical (unpaired) electrons. The van der Waals surface area contributed by atoms with Crippen molar-refractivity contribution in [3.63, 3.8) is 0 Å². The number of nitrogens with zero attached hydrogens (tertiary/aromatic N) is 2. The summed E-state index contributed by atoms with van der Waals surface area (Å²) in [5.41, 5.74) is 0.731. The third-order valence-electron chi connectivity index (χ3n) is 4.21. The van der Waals surface area contributed by atoms with Crippen molar-refractivity contribution >= 4 is 69.7 Å². The summed E-state index contributed by atoms with van der Waals surface area (Å²) >= 11 is 12.1. The van der Waals surface area contributed by atoms with Crippen molar-refractivity contribution in [2.75, 3.05) is 0 Å². The minimum absolute atomic E-state index is 0.149. The van der Waals surface area contributed by atoms with Gasteiger partial charge in [-0.2, -0.15) is 0 Å². The fourth-order valence-electron chi connectivity index (χ4n) is 2.81. The number of carboxylic acid groups (broad SMARTS) is 1. The van der Waals surface area contributed by atoms with Gasteiger partial charge in [-0.1, -0.05) is 47.7 Å². The Balaban J connectivity index is 1.85. The van der Waals surface area contributed by atoms with Crippen LogP contribution in [0.1, 0.15) is 18.9 Å². The summed E-state index contributed by atoms with van der Waals surface area (Å²) in [6, 6.07) is 4.39. The molecular formula is C17H13ClN2O5S2. The summed E-state index contributed by atoms with van der Waals surface area (Å²) in [5.74, 6) is -3.17. The van der Waals surface area contributed by atoms with Gasteiger partial charge in [0.1, 0.15) is 16.4 Å². The van der Waals surface area contributed by atoms with E-state index in [1.54, 1.807) is 30.3 Å². The quantitative estimate of drug-likeness (QED) is 0.449. The summed E-state index contributed by atoms with van der Waals surface area (Å²) < 4.78 is 0.149. The van der Waals surface area contributed by atoms with E-state index in [9.17, 15) is 19.2 Å². The Morgan fingerprint density at radius 2 is 1.96 bits per heavy atom. The van der Waals surface area contributed by atoms with Crippen molar-refractivity contribution in [1.82, 2.24) is 9.80 Å². The summed E-state index contributed by atoms with van der Waals surface area (Å²) in [6.45, 7) is 1.24. The van der Waals surface area contributed by atoms with Crippen LogP contribution in [-0.2, 0) is 19.2 Å². The van der Waals surface area contributed by atoms with Gasteiger partial charge < -0.3 is 5.11 Å². The summed E-state index contributed by atoms with van der Waals surface area (Å²) in [6.07, 6.45) is 1.33. The summed E-state index contributed by atoms with van der Waals surface area (Å²) in [7, 11) is 0. The van der Waals surface area contributed by atoms with Crippen LogP contribution in [0, 0.1) is 0 Å². The number of rotatable bonds is 4. The van der Waals surface area contributed by atoms with Gasteiger partial charge in [0.25, 0.3) is 11.8 Å². The molecule has 0 saturated carbocycles. The van der Waals surface area contributed by atoms with E-state index in [1.807, 2.05) is 0 Å². The fraction of sp³-hybridized carbons (Fsp3) is 0.235. The second kappa shape index (κ2) is 7.41. The molecule has 140 valence electrons. The molecule has 2 heterocycles. The standard InChI is InChI=1S/C17H13ClN2O5S2/c1-8(16(24)25)19-13(21)7-11(14(19)22)20-15(23)12(27-17(20)26)6-9-2-4-10(18)5-3-9/h2-6,8,11H,7H2,1H3,(H,24,25)/b12-6-. The predicted molar refractivity (Wildman–Crippen MR) is 104 cm³/mol. The van der Waals surface area contributed by atoms with Crippen LogP contribution >= 0.6 is 35.6 Å². The molecule has 27 heavy (non-hydrogen) atoms. The normalized spacial score (nSPS) is 22.9. The zero-order valence-corrected chi connectivity index (χ0v) is 16.3. The Labute approximate surface area is 168 Å². The van der Waals surface area contributed by atoms with Crippen LogP contribution in [0.5, 0.6) is 0 Å². The van der Waals surface area contributed by atoms with Crippen LogP contribution in [0.3, 0.4) is 0 Å². The Morgan fingerprint density at radius 3 is 2.56 bits per heavy atom. The lowest BCUT2D eigenvalue weighted by Gasteiger charge is -2.23. The topological polar surface area (TPSA) is 95.0 Å². The van der Waals surface area contributed by atoms with Crippen LogP contribution in [0.25, 0.3) is 6.08 Å². The highest BCUT2D eigenvalue weighted by Crippen LogP contribution is 2.36. The Kier molecular flexibility index (Phi) is 5.36. The van der Waals surface area contributed by atoms with E-state index in [2.05, 4.69) is 0 Å². The first-order chi connectivity index (χ1) is 12.7. The average molecular weight is 425 g/mol. The number of aliphatic carboxylic acids is 1. The maximum Gasteiger partial charge on any atom is 0.326 e. The number of carbonyl (C=O) groups excluding carboxylic acids is 3. The van der Waals surface area contributed by atoms with Crippen LogP contribution in [0.4, 0.5) is 0 Å². The van der Waals surface area contributed by atoms with Crippen molar-refractivity contribution in [1.29, 1.82) is 0 Å². The first-order valence-electron chi connectivity index (χ1n) is 7.82. The van der Waals surface area contributed by atoms with Gasteiger partial charge in [-0.05, 0) is 30.7 Å². The van der Waals surface area contributed by atoms with Gasteiger partial charge in [-0.15, -0.1) is 0 Å². The molecule has 2 fully saturated rings. The van der Waals surface area contributed by atoms with E-state index in [0.29, 0.717) is 14.8 Å². The first-order valence-corrected chi connectivity index (χ1v) is 9.42. The third kappa shape index (κ3) is 3.62. The molecule has 1 aromatic carbocycles. The van der Waals surface area contributed by atoms with Crippen molar-refractivity contribution in [3.8, 4) is 0 Å². The van der Waals surface area contributed by atoms with Crippen LogP contribution in [-0.4, -0.2) is 55.0 Å². The Morgan fingerprint density at radius 1 is 1.33 bits per heavy atom. The van der Waals surface area contributed by atoms with Gasteiger partial charge in [0.15, 0.2) is 0 Å². The predicted octanol–water partition coefficient (Wildman–Crippen LogP) is 2.14. The van der Waals surface area contributed by atoms with Gasteiger partial charge in [0.2, 0.25) is 5.91 Å². The third-order valence-corrected chi connectivity index (χ3v) is 5.79. The van der Waals surface area contributed by atoms with Gasteiger partial charge in [0, 0.05) is 5.02 Å². The lowest BCUT2D eigenvalue weighted by Crippen LogP contribution is -2.48. The molecule has 2 saturated heterocycles. The van der Waals surface area contributed by atoms with E-state index >= 15 is 0 Å². The molecule has 0 aromatic heterocycles. The molecule has 3 rings (SSSR count). The van der Waals surface area contributed by atoms with Crippen LogP contribution < -0.4 is 0 Å². The molecule has 0 spiro atoms. The molecule has 0 aliphatic carbocycles. The number of carbonyl (C=O) groups is 4. The van der Waals surface area contributed by atoms with E-state index < -0.39 is 35.8 Å². The molecule has 0 bridgehead atoms. The number of hydrogen-bond acceptors (Lipinski definition) is 6. The molecule has 7 nitrogen and oxygen atoms in total. The maximum absolute atomic E-state index is 12.8. The summed E-state index contributed by atoms with van der Waals surface area (Å²) in [4.78, 5) is 50.7. The number of imide groups is 1. The molecule has 1 aromatic rings. The van der Waals surface area contributed by atoms with Crippen molar-refractivity contribution in [2.24, 2.45) is 0 Å². The van der Waals surface area contributed by atoms with Crippen molar-refractivity contribution in [2.45, 2.75) is 25.4 Å². The monoisotopic (exact) mass is 424 g/mol. The number of carboxylic acids is 1.